The molecule has 2 aliphatic heterocycles. The van der Waals surface area contributed by atoms with Crippen molar-refractivity contribution in [2.75, 3.05) is 6.61 Å². The lowest BCUT2D eigenvalue weighted by atomic mass is 10.0. The zero-order chi connectivity index (χ0) is 18.3. The van der Waals surface area contributed by atoms with E-state index in [1.807, 2.05) is 24.3 Å². The van der Waals surface area contributed by atoms with E-state index in [-0.39, 0.29) is 17.9 Å². The zero-order valence-corrected chi connectivity index (χ0v) is 14.8. The molecule has 2 amide bonds. The van der Waals surface area contributed by atoms with Crippen LogP contribution in [0.4, 0.5) is 0 Å². The van der Waals surface area contributed by atoms with E-state index in [1.165, 1.54) is 6.08 Å². The van der Waals surface area contributed by atoms with E-state index < -0.39 is 0 Å². The highest BCUT2D eigenvalue weighted by Gasteiger charge is 2.27. The number of halogens is 1. The fraction of sp³-hybridized carbons (Fsp3) is 0.200. The second-order valence-electron chi connectivity index (χ2n) is 6.40. The van der Waals surface area contributed by atoms with Gasteiger partial charge in [-0.3, -0.25) is 9.59 Å². The maximum Gasteiger partial charge on any atom is 0.251 e. The molecule has 1 unspecified atom stereocenters. The van der Waals surface area contributed by atoms with Crippen LogP contribution < -0.4 is 10.1 Å². The van der Waals surface area contributed by atoms with Gasteiger partial charge in [-0.25, -0.2) is 0 Å². The van der Waals surface area contributed by atoms with Gasteiger partial charge in [0, 0.05) is 29.2 Å². The molecule has 5 nitrogen and oxygen atoms in total. The standard InChI is InChI=1S/C20H17ClN2O3/c1-2-19(24)23-9-13-4-3-12(7-14(13)10-23)20(25)22-17-11-26-18-6-5-15(21)8-16(17)18/h2-8,17H,1,9-11H2,(H,22,25). The molecule has 132 valence electrons. The topological polar surface area (TPSA) is 58.6 Å². The third-order valence-corrected chi connectivity index (χ3v) is 4.97. The lowest BCUT2D eigenvalue weighted by molar-refractivity contribution is -0.126. The van der Waals surface area contributed by atoms with E-state index in [2.05, 4.69) is 11.9 Å². The molecule has 0 saturated heterocycles. The minimum Gasteiger partial charge on any atom is -0.491 e. The number of rotatable bonds is 3. The Kier molecular flexibility index (Phi) is 4.17. The van der Waals surface area contributed by atoms with Gasteiger partial charge in [0.05, 0.1) is 6.04 Å². The predicted molar refractivity (Wildman–Crippen MR) is 98.0 cm³/mol. The van der Waals surface area contributed by atoms with Gasteiger partial charge < -0.3 is 15.0 Å². The molecule has 2 aromatic carbocycles. The van der Waals surface area contributed by atoms with Crippen molar-refractivity contribution in [3.63, 3.8) is 0 Å². The Hall–Kier alpha value is -2.79. The summed E-state index contributed by atoms with van der Waals surface area (Å²) in [4.78, 5) is 26.1. The SMILES string of the molecule is C=CC(=O)N1Cc2ccc(C(=O)NC3COc4ccc(Cl)cc43)cc2C1. The summed E-state index contributed by atoms with van der Waals surface area (Å²) in [7, 11) is 0. The maximum atomic E-state index is 12.7. The number of hydrogen-bond acceptors (Lipinski definition) is 3. The molecular formula is C20H17ClN2O3. The molecule has 2 aliphatic rings. The van der Waals surface area contributed by atoms with Gasteiger partial charge in [-0.2, -0.15) is 0 Å². The molecule has 0 aromatic heterocycles. The van der Waals surface area contributed by atoms with E-state index in [4.69, 9.17) is 16.3 Å². The van der Waals surface area contributed by atoms with Crippen LogP contribution in [0, 0.1) is 0 Å². The lowest BCUT2D eigenvalue weighted by Crippen LogP contribution is -2.29. The maximum absolute atomic E-state index is 12.7. The second-order valence-corrected chi connectivity index (χ2v) is 6.84. The first-order valence-corrected chi connectivity index (χ1v) is 8.69. The van der Waals surface area contributed by atoms with Crippen molar-refractivity contribution in [1.29, 1.82) is 0 Å². The number of hydrogen-bond donors (Lipinski definition) is 1. The van der Waals surface area contributed by atoms with Crippen molar-refractivity contribution in [2.24, 2.45) is 0 Å². The Morgan fingerprint density at radius 2 is 2.00 bits per heavy atom. The minimum absolute atomic E-state index is 0.108. The Labute approximate surface area is 156 Å². The number of carbonyl (C=O) groups is 2. The molecule has 1 N–H and O–H groups in total. The van der Waals surface area contributed by atoms with E-state index in [1.54, 1.807) is 17.0 Å². The van der Waals surface area contributed by atoms with E-state index in [0.29, 0.717) is 30.3 Å². The highest BCUT2D eigenvalue weighted by Crippen LogP contribution is 2.34. The lowest BCUT2D eigenvalue weighted by Gasteiger charge is -2.13. The molecule has 26 heavy (non-hydrogen) atoms. The van der Waals surface area contributed by atoms with Crippen molar-refractivity contribution >= 4 is 23.4 Å². The number of fused-ring (bicyclic) bond motifs is 2. The van der Waals surface area contributed by atoms with Gasteiger partial charge in [-0.15, -0.1) is 0 Å². The molecule has 0 aliphatic carbocycles. The number of nitrogens with one attached hydrogen (secondary N) is 1. The Bertz CT molecular complexity index is 925. The van der Waals surface area contributed by atoms with Crippen LogP contribution in [0.1, 0.15) is 33.1 Å². The minimum atomic E-state index is -0.233. The molecule has 1 atom stereocenters. The predicted octanol–water partition coefficient (Wildman–Crippen LogP) is 3.23. The van der Waals surface area contributed by atoms with E-state index >= 15 is 0 Å². The van der Waals surface area contributed by atoms with Crippen LogP contribution in [-0.4, -0.2) is 23.3 Å². The van der Waals surface area contributed by atoms with Gasteiger partial charge in [0.2, 0.25) is 5.91 Å². The second kappa shape index (κ2) is 6.50. The van der Waals surface area contributed by atoms with Gasteiger partial charge in [0.1, 0.15) is 12.4 Å². The highest BCUT2D eigenvalue weighted by atomic mass is 35.5. The van der Waals surface area contributed by atoms with Crippen molar-refractivity contribution < 1.29 is 14.3 Å². The normalized spacial score (nSPS) is 17.3. The van der Waals surface area contributed by atoms with Crippen LogP contribution in [0.15, 0.2) is 49.1 Å². The third-order valence-electron chi connectivity index (χ3n) is 4.74. The first-order chi connectivity index (χ1) is 12.5. The first kappa shape index (κ1) is 16.7. The number of carbonyl (C=O) groups excluding carboxylic acids is 2. The molecule has 6 heteroatoms. The van der Waals surface area contributed by atoms with Crippen molar-refractivity contribution in [1.82, 2.24) is 10.2 Å². The molecule has 0 radical (unpaired) electrons. The van der Waals surface area contributed by atoms with Crippen LogP contribution in [0.25, 0.3) is 0 Å². The van der Waals surface area contributed by atoms with Crippen LogP contribution in [0.3, 0.4) is 0 Å². The molecule has 2 heterocycles. The van der Waals surface area contributed by atoms with Crippen molar-refractivity contribution in [3.8, 4) is 5.75 Å². The number of amides is 2. The molecule has 2 aromatic rings. The number of nitrogens with zero attached hydrogens (tertiary/aromatic N) is 1. The largest absolute Gasteiger partial charge is 0.491 e. The fourth-order valence-electron chi connectivity index (χ4n) is 3.37. The first-order valence-electron chi connectivity index (χ1n) is 8.31. The van der Waals surface area contributed by atoms with Crippen LogP contribution >= 0.6 is 11.6 Å². The van der Waals surface area contributed by atoms with Gasteiger partial charge in [0.25, 0.3) is 5.91 Å². The summed E-state index contributed by atoms with van der Waals surface area (Å²) in [6.07, 6.45) is 1.31. The van der Waals surface area contributed by atoms with Crippen LogP contribution in [0.5, 0.6) is 5.75 Å². The molecule has 0 fully saturated rings. The number of ether oxygens (including phenoxy) is 1. The van der Waals surface area contributed by atoms with Gasteiger partial charge >= 0.3 is 0 Å². The van der Waals surface area contributed by atoms with Crippen molar-refractivity contribution in [2.45, 2.75) is 19.1 Å². The molecule has 0 bridgehead atoms. The summed E-state index contributed by atoms with van der Waals surface area (Å²) in [6.45, 7) is 4.94. The van der Waals surface area contributed by atoms with Crippen molar-refractivity contribution in [3.05, 3.63) is 76.3 Å². The van der Waals surface area contributed by atoms with E-state index in [9.17, 15) is 9.59 Å². The Morgan fingerprint density at radius 1 is 1.19 bits per heavy atom. The molecule has 4 rings (SSSR count). The summed E-state index contributed by atoms with van der Waals surface area (Å²) >= 11 is 6.05. The highest BCUT2D eigenvalue weighted by molar-refractivity contribution is 6.30. The van der Waals surface area contributed by atoms with Gasteiger partial charge in [0.15, 0.2) is 0 Å². The molecule has 0 saturated carbocycles. The average Bonchev–Trinajstić information content (AvgIpc) is 3.24. The Morgan fingerprint density at radius 3 is 2.81 bits per heavy atom. The smallest absolute Gasteiger partial charge is 0.251 e. The molecule has 0 spiro atoms. The van der Waals surface area contributed by atoms with Gasteiger partial charge in [-0.1, -0.05) is 24.2 Å². The van der Waals surface area contributed by atoms with E-state index in [0.717, 1.165) is 22.4 Å². The third kappa shape index (κ3) is 2.95. The van der Waals surface area contributed by atoms with Gasteiger partial charge in [-0.05, 0) is 47.5 Å². The quantitative estimate of drug-likeness (QED) is 0.846. The number of benzene rings is 2. The monoisotopic (exact) mass is 368 g/mol. The fourth-order valence-corrected chi connectivity index (χ4v) is 3.55. The zero-order valence-electron chi connectivity index (χ0n) is 14.0. The summed E-state index contributed by atoms with van der Waals surface area (Å²) in [5, 5.41) is 3.60. The molecular weight excluding hydrogens is 352 g/mol. The average molecular weight is 369 g/mol. The van der Waals surface area contributed by atoms with Crippen LogP contribution in [0.2, 0.25) is 5.02 Å². The summed E-state index contributed by atoms with van der Waals surface area (Å²) in [5.74, 6) is 0.457. The summed E-state index contributed by atoms with van der Waals surface area (Å²) in [6, 6.07) is 10.7. The Balaban J connectivity index is 1.50. The summed E-state index contributed by atoms with van der Waals surface area (Å²) < 4.78 is 5.60. The summed E-state index contributed by atoms with van der Waals surface area (Å²) in [5.41, 5.74) is 3.49. The van der Waals surface area contributed by atoms with Crippen LogP contribution in [-0.2, 0) is 17.9 Å².